The van der Waals surface area contributed by atoms with Crippen molar-refractivity contribution in [1.82, 2.24) is 0 Å². The predicted molar refractivity (Wildman–Crippen MR) is 79.0 cm³/mol. The molecule has 0 fully saturated rings. The van der Waals surface area contributed by atoms with E-state index in [1.807, 2.05) is 25.1 Å². The van der Waals surface area contributed by atoms with Crippen LogP contribution >= 0.6 is 11.6 Å². The van der Waals surface area contributed by atoms with E-state index in [-0.39, 0.29) is 23.6 Å². The van der Waals surface area contributed by atoms with Gasteiger partial charge < -0.3 is 4.74 Å². The first kappa shape index (κ1) is 15.0. The maximum absolute atomic E-state index is 11.0. The molecule has 5 nitrogen and oxygen atoms in total. The molecule has 0 heterocycles. The van der Waals surface area contributed by atoms with Crippen molar-refractivity contribution in [3.05, 3.63) is 68.2 Å². The third kappa shape index (κ3) is 3.58. The highest BCUT2D eigenvalue weighted by Gasteiger charge is 2.12. The summed E-state index contributed by atoms with van der Waals surface area (Å²) in [4.78, 5) is 21.1. The highest BCUT2D eigenvalue weighted by atomic mass is 35.5. The van der Waals surface area contributed by atoms with Crippen molar-refractivity contribution in [1.29, 1.82) is 0 Å². The van der Waals surface area contributed by atoms with Crippen molar-refractivity contribution in [2.45, 2.75) is 13.5 Å². The zero-order valence-electron chi connectivity index (χ0n) is 11.2. The normalized spacial score (nSPS) is 10.2. The average molecular weight is 306 g/mol. The van der Waals surface area contributed by atoms with Crippen LogP contribution < -0.4 is 4.74 Å². The number of nitro groups is 1. The van der Waals surface area contributed by atoms with Gasteiger partial charge in [0, 0.05) is 22.7 Å². The molecule has 0 aliphatic rings. The molecule has 2 aromatic rings. The summed E-state index contributed by atoms with van der Waals surface area (Å²) in [7, 11) is 0. The Hall–Kier alpha value is -2.40. The number of nitro benzene ring substituents is 1. The molecule has 0 aliphatic heterocycles. The second kappa shape index (κ2) is 6.37. The van der Waals surface area contributed by atoms with Crippen molar-refractivity contribution in [3.63, 3.8) is 0 Å². The number of nitrogens with zero attached hydrogens (tertiary/aromatic N) is 1. The number of carbonyl (C=O) groups is 1. The largest absolute Gasteiger partial charge is 0.488 e. The minimum atomic E-state index is -0.562. The smallest absolute Gasteiger partial charge is 0.270 e. The number of ether oxygens (including phenoxy) is 1. The second-order valence-corrected chi connectivity index (χ2v) is 4.89. The number of halogens is 1. The Kier molecular flexibility index (Phi) is 4.55. The average Bonchev–Trinajstić information content (AvgIpc) is 2.46. The van der Waals surface area contributed by atoms with Crippen molar-refractivity contribution in [2.75, 3.05) is 0 Å². The number of hydrogen-bond donors (Lipinski definition) is 0. The van der Waals surface area contributed by atoms with E-state index in [4.69, 9.17) is 16.3 Å². The Morgan fingerprint density at radius 3 is 2.67 bits per heavy atom. The van der Waals surface area contributed by atoms with Gasteiger partial charge in [-0.25, -0.2) is 0 Å². The van der Waals surface area contributed by atoms with Gasteiger partial charge in [-0.15, -0.1) is 0 Å². The molecule has 0 amide bonds. The summed E-state index contributed by atoms with van der Waals surface area (Å²) in [6.45, 7) is 2.11. The number of hydrogen-bond acceptors (Lipinski definition) is 4. The zero-order chi connectivity index (χ0) is 15.4. The van der Waals surface area contributed by atoms with Crippen LogP contribution in [-0.4, -0.2) is 11.2 Å². The van der Waals surface area contributed by atoms with E-state index in [0.29, 0.717) is 11.3 Å². The summed E-state index contributed by atoms with van der Waals surface area (Å²) in [5, 5.41) is 11.2. The quantitative estimate of drug-likeness (QED) is 0.476. The highest BCUT2D eigenvalue weighted by Crippen LogP contribution is 2.25. The molecule has 0 aromatic heterocycles. The van der Waals surface area contributed by atoms with E-state index in [1.54, 1.807) is 0 Å². The Balaban J connectivity index is 2.19. The molecule has 0 saturated heterocycles. The van der Waals surface area contributed by atoms with Gasteiger partial charge >= 0.3 is 0 Å². The van der Waals surface area contributed by atoms with Crippen molar-refractivity contribution in [3.8, 4) is 5.75 Å². The number of aryl methyl sites for hydroxylation is 1. The number of aldehydes is 1. The standard InChI is InChI=1S/C15H12ClNO4/c1-10-2-3-11(14(16)6-10)9-21-15-5-4-13(17(19)20)7-12(15)8-18/h2-8H,9H2,1H3. The Morgan fingerprint density at radius 1 is 1.29 bits per heavy atom. The third-order valence-electron chi connectivity index (χ3n) is 2.92. The van der Waals surface area contributed by atoms with Crippen molar-refractivity contribution in [2.24, 2.45) is 0 Å². The van der Waals surface area contributed by atoms with Gasteiger partial charge in [0.15, 0.2) is 6.29 Å². The first-order chi connectivity index (χ1) is 10.0. The monoisotopic (exact) mass is 305 g/mol. The van der Waals surface area contributed by atoms with Gasteiger partial charge in [0.1, 0.15) is 12.4 Å². The minimum Gasteiger partial charge on any atom is -0.488 e. The SMILES string of the molecule is Cc1ccc(COc2ccc([N+](=O)[O-])cc2C=O)c(Cl)c1. The van der Waals surface area contributed by atoms with Crippen molar-refractivity contribution < 1.29 is 14.5 Å². The molecule has 0 radical (unpaired) electrons. The molecule has 0 atom stereocenters. The molecule has 0 aliphatic carbocycles. The maximum Gasteiger partial charge on any atom is 0.270 e. The molecule has 0 N–H and O–H groups in total. The summed E-state index contributed by atoms with van der Waals surface area (Å²) >= 11 is 6.10. The van der Waals surface area contributed by atoms with Gasteiger partial charge in [-0.2, -0.15) is 0 Å². The lowest BCUT2D eigenvalue weighted by Crippen LogP contribution is -2.00. The maximum atomic E-state index is 11.0. The van der Waals surface area contributed by atoms with Gasteiger partial charge in [-0.3, -0.25) is 14.9 Å². The summed E-state index contributed by atoms with van der Waals surface area (Å²) in [6.07, 6.45) is 0.527. The van der Waals surface area contributed by atoms with E-state index < -0.39 is 4.92 Å². The zero-order valence-corrected chi connectivity index (χ0v) is 12.0. The van der Waals surface area contributed by atoms with Gasteiger partial charge in [0.2, 0.25) is 0 Å². The van der Waals surface area contributed by atoms with Crippen LogP contribution in [0, 0.1) is 17.0 Å². The van der Waals surface area contributed by atoms with Crippen LogP contribution in [0.3, 0.4) is 0 Å². The number of carbonyl (C=O) groups excluding carboxylic acids is 1. The lowest BCUT2D eigenvalue weighted by atomic mass is 10.1. The lowest BCUT2D eigenvalue weighted by molar-refractivity contribution is -0.384. The van der Waals surface area contributed by atoms with E-state index in [1.165, 1.54) is 18.2 Å². The predicted octanol–water partition coefficient (Wildman–Crippen LogP) is 3.95. The van der Waals surface area contributed by atoms with Crippen LogP contribution in [-0.2, 0) is 6.61 Å². The number of benzene rings is 2. The molecule has 6 heteroatoms. The Morgan fingerprint density at radius 2 is 2.05 bits per heavy atom. The van der Waals surface area contributed by atoms with E-state index in [2.05, 4.69) is 0 Å². The first-order valence-corrected chi connectivity index (χ1v) is 6.50. The summed E-state index contributed by atoms with van der Waals surface area (Å²) in [5.74, 6) is 0.284. The van der Waals surface area contributed by atoms with E-state index >= 15 is 0 Å². The van der Waals surface area contributed by atoms with Crippen molar-refractivity contribution >= 4 is 23.6 Å². The molecule has 0 bridgehead atoms. The van der Waals surface area contributed by atoms with Crippen LogP contribution in [0.25, 0.3) is 0 Å². The van der Waals surface area contributed by atoms with Crippen LogP contribution in [0.1, 0.15) is 21.5 Å². The molecule has 0 saturated carbocycles. The molecular weight excluding hydrogens is 294 g/mol. The number of non-ortho nitro benzene ring substituents is 1. The minimum absolute atomic E-state index is 0.132. The molecule has 0 unspecified atom stereocenters. The fraction of sp³-hybridized carbons (Fsp3) is 0.133. The Bertz CT molecular complexity index is 700. The topological polar surface area (TPSA) is 69.4 Å². The molecule has 108 valence electrons. The van der Waals surface area contributed by atoms with E-state index in [0.717, 1.165) is 11.1 Å². The summed E-state index contributed by atoms with van der Waals surface area (Å²) in [6, 6.07) is 9.43. The molecule has 2 aromatic carbocycles. The molecule has 0 spiro atoms. The van der Waals surface area contributed by atoms with Crippen LogP contribution in [0.2, 0.25) is 5.02 Å². The molecular formula is C15H12ClNO4. The second-order valence-electron chi connectivity index (χ2n) is 4.48. The van der Waals surface area contributed by atoms with Crippen LogP contribution in [0.15, 0.2) is 36.4 Å². The Labute approximate surface area is 126 Å². The summed E-state index contributed by atoms with van der Waals surface area (Å²) < 4.78 is 5.53. The fourth-order valence-corrected chi connectivity index (χ4v) is 2.09. The lowest BCUT2D eigenvalue weighted by Gasteiger charge is -2.10. The van der Waals surface area contributed by atoms with Gasteiger partial charge in [-0.1, -0.05) is 23.7 Å². The summed E-state index contributed by atoms with van der Waals surface area (Å²) in [5.41, 5.74) is 1.79. The molecule has 21 heavy (non-hydrogen) atoms. The van der Waals surface area contributed by atoms with Crippen LogP contribution in [0.4, 0.5) is 5.69 Å². The van der Waals surface area contributed by atoms with Gasteiger partial charge in [-0.05, 0) is 24.6 Å². The van der Waals surface area contributed by atoms with Gasteiger partial charge in [0.05, 0.1) is 10.5 Å². The highest BCUT2D eigenvalue weighted by molar-refractivity contribution is 6.31. The van der Waals surface area contributed by atoms with Crippen LogP contribution in [0.5, 0.6) is 5.75 Å². The first-order valence-electron chi connectivity index (χ1n) is 6.12. The van der Waals surface area contributed by atoms with Gasteiger partial charge in [0.25, 0.3) is 5.69 Å². The fourth-order valence-electron chi connectivity index (χ4n) is 1.80. The van der Waals surface area contributed by atoms with E-state index in [9.17, 15) is 14.9 Å². The third-order valence-corrected chi connectivity index (χ3v) is 3.27. The molecule has 2 rings (SSSR count). The number of rotatable bonds is 5.